The molecule has 32 heavy (non-hydrogen) atoms. The molecule has 1 aromatic heterocycles. The number of benzene rings is 3. The van der Waals surface area contributed by atoms with Gasteiger partial charge in [-0.15, -0.1) is 0 Å². The van der Waals surface area contributed by atoms with Crippen molar-refractivity contribution >= 4 is 21.1 Å². The van der Waals surface area contributed by atoms with Gasteiger partial charge in [-0.05, 0) is 46.4 Å². The predicted molar refractivity (Wildman–Crippen MR) is 123 cm³/mol. The summed E-state index contributed by atoms with van der Waals surface area (Å²) in [5.74, 6) is 0. The van der Waals surface area contributed by atoms with E-state index in [1.54, 1.807) is 36.4 Å². The molecule has 1 nitrogen and oxygen atoms in total. The first kappa shape index (κ1) is 22.3. The molecular weight excluding hydrogens is 441 g/mol. The summed E-state index contributed by atoms with van der Waals surface area (Å²) in [6, 6.07) is 20.1. The predicted octanol–water partition coefficient (Wildman–Crippen LogP) is 9.52. The molecule has 4 rings (SSSR count). The molecule has 0 saturated heterocycles. The van der Waals surface area contributed by atoms with Crippen LogP contribution in [-0.2, 0) is 5.41 Å². The van der Waals surface area contributed by atoms with E-state index in [1.807, 2.05) is 24.3 Å². The molecule has 0 spiro atoms. The third kappa shape index (κ3) is 4.48. The van der Waals surface area contributed by atoms with Crippen molar-refractivity contribution in [2.45, 2.75) is 31.1 Å². The Morgan fingerprint density at radius 3 is 1.88 bits per heavy atom. The fourth-order valence-electron chi connectivity index (χ4n) is 3.59. The lowest BCUT2D eigenvalue weighted by Gasteiger charge is -2.40. The van der Waals surface area contributed by atoms with E-state index in [9.17, 15) is 19.4 Å². The number of pyridine rings is 1. The van der Waals surface area contributed by atoms with Gasteiger partial charge >= 0.3 is 10.2 Å². The molecule has 7 heteroatoms. The summed E-state index contributed by atoms with van der Waals surface area (Å²) in [4.78, 5) is 2.58. The number of rotatable bonds is 3. The van der Waals surface area contributed by atoms with Gasteiger partial charge < -0.3 is 0 Å². The minimum absolute atomic E-state index is 0.0250. The van der Waals surface area contributed by atoms with Gasteiger partial charge in [0.2, 0.25) is 0 Å². The number of aromatic nitrogens is 1. The third-order valence-corrected chi connectivity index (χ3v) is 6.50. The summed E-state index contributed by atoms with van der Waals surface area (Å²) in [6.45, 7) is 6.29. The Morgan fingerprint density at radius 1 is 0.688 bits per heavy atom. The SMILES string of the molecule is CC(C)(C)c1ccc(-c2cc(-c3ccccc3)c3cc(S(F)(F)(F)(F)F)ccc3n2)cc1. The smallest absolute Gasteiger partial charge is 0.248 e. The van der Waals surface area contributed by atoms with E-state index in [1.165, 1.54) is 0 Å². The van der Waals surface area contributed by atoms with Crippen molar-refractivity contribution in [3.8, 4) is 22.4 Å². The highest BCUT2D eigenvalue weighted by atomic mass is 32.5. The first-order chi connectivity index (χ1) is 14.6. The van der Waals surface area contributed by atoms with E-state index in [0.29, 0.717) is 29.0 Å². The van der Waals surface area contributed by atoms with Crippen molar-refractivity contribution in [3.05, 3.63) is 84.4 Å². The molecule has 4 aromatic rings. The minimum Gasteiger partial charge on any atom is -0.248 e. The molecule has 0 saturated carbocycles. The third-order valence-electron chi connectivity index (χ3n) is 5.36. The number of halogens is 5. The summed E-state index contributed by atoms with van der Waals surface area (Å²) in [5.41, 5.74) is 3.68. The standard InChI is InChI=1S/C25H22F5NS/c1-25(2,3)19-11-9-18(10-12-19)24-16-21(17-7-5-4-6-8-17)22-15-20(13-14-23(22)31-24)32(26,27,28,29)30/h4-16H,1-3H3. The lowest BCUT2D eigenvalue weighted by atomic mass is 9.86. The molecule has 0 atom stereocenters. The summed E-state index contributed by atoms with van der Waals surface area (Å²) < 4.78 is 67.3. The van der Waals surface area contributed by atoms with E-state index < -0.39 is 15.1 Å². The maximum absolute atomic E-state index is 13.5. The molecule has 168 valence electrons. The number of hydrogen-bond donors (Lipinski definition) is 0. The van der Waals surface area contributed by atoms with Crippen LogP contribution in [0.5, 0.6) is 0 Å². The summed E-state index contributed by atoms with van der Waals surface area (Å²) in [5, 5.41) is 0.0250. The van der Waals surface area contributed by atoms with Crippen molar-refractivity contribution in [1.82, 2.24) is 4.98 Å². The Hall–Kier alpha value is -2.93. The zero-order chi connectivity index (χ0) is 23.4. The Bertz CT molecular complexity index is 1310. The number of nitrogens with zero attached hydrogens (tertiary/aromatic N) is 1. The van der Waals surface area contributed by atoms with Gasteiger partial charge in [-0.1, -0.05) is 94.8 Å². The highest BCUT2D eigenvalue weighted by molar-refractivity contribution is 8.45. The van der Waals surface area contributed by atoms with Crippen LogP contribution in [0.25, 0.3) is 33.3 Å². The second-order valence-corrected chi connectivity index (χ2v) is 11.3. The number of fused-ring (bicyclic) bond motifs is 1. The Morgan fingerprint density at radius 2 is 1.31 bits per heavy atom. The van der Waals surface area contributed by atoms with Gasteiger partial charge in [-0.2, -0.15) is 0 Å². The summed E-state index contributed by atoms with van der Waals surface area (Å²) >= 11 is 0. The van der Waals surface area contributed by atoms with Crippen LogP contribution >= 0.6 is 10.2 Å². The van der Waals surface area contributed by atoms with Crippen LogP contribution in [0.3, 0.4) is 0 Å². The van der Waals surface area contributed by atoms with E-state index in [-0.39, 0.29) is 16.3 Å². The Kier molecular flexibility index (Phi) is 4.55. The van der Waals surface area contributed by atoms with Crippen LogP contribution in [0.4, 0.5) is 19.4 Å². The minimum atomic E-state index is -9.82. The molecule has 1 heterocycles. The van der Waals surface area contributed by atoms with Crippen molar-refractivity contribution in [2.75, 3.05) is 0 Å². The zero-order valence-electron chi connectivity index (χ0n) is 17.8. The molecular formula is C25H22F5NS. The van der Waals surface area contributed by atoms with E-state index in [4.69, 9.17) is 0 Å². The highest BCUT2D eigenvalue weighted by Crippen LogP contribution is 3.02. The van der Waals surface area contributed by atoms with Gasteiger partial charge in [-0.3, -0.25) is 0 Å². The normalized spacial score (nSPS) is 14.8. The van der Waals surface area contributed by atoms with Crippen LogP contribution < -0.4 is 0 Å². The first-order valence-electron chi connectivity index (χ1n) is 9.97. The van der Waals surface area contributed by atoms with Crippen LogP contribution in [0.15, 0.2) is 83.8 Å². The molecule has 0 bridgehead atoms. The largest absolute Gasteiger partial charge is 0.310 e. The molecule has 0 aliphatic rings. The Balaban J connectivity index is 1.97. The van der Waals surface area contributed by atoms with Crippen LogP contribution in [0, 0.1) is 0 Å². The molecule has 0 unspecified atom stereocenters. The van der Waals surface area contributed by atoms with Crippen molar-refractivity contribution in [2.24, 2.45) is 0 Å². The van der Waals surface area contributed by atoms with Gasteiger partial charge in [0, 0.05) is 10.9 Å². The summed E-state index contributed by atoms with van der Waals surface area (Å²) in [6.07, 6.45) is 0. The van der Waals surface area contributed by atoms with Gasteiger partial charge in [0.1, 0.15) is 4.90 Å². The van der Waals surface area contributed by atoms with Crippen LogP contribution in [0.1, 0.15) is 26.3 Å². The zero-order valence-corrected chi connectivity index (χ0v) is 18.6. The van der Waals surface area contributed by atoms with Gasteiger partial charge in [0.05, 0.1) is 11.2 Å². The topological polar surface area (TPSA) is 12.9 Å². The van der Waals surface area contributed by atoms with Crippen molar-refractivity contribution < 1.29 is 19.4 Å². The molecule has 0 amide bonds. The lowest BCUT2D eigenvalue weighted by Crippen LogP contribution is -2.10. The van der Waals surface area contributed by atoms with Gasteiger partial charge in [0.15, 0.2) is 0 Å². The first-order valence-corrected chi connectivity index (χ1v) is 11.9. The highest BCUT2D eigenvalue weighted by Gasteiger charge is 2.65. The second-order valence-electron chi connectivity index (χ2n) is 8.90. The van der Waals surface area contributed by atoms with Gasteiger partial charge in [-0.25, -0.2) is 4.98 Å². The van der Waals surface area contributed by atoms with E-state index >= 15 is 0 Å². The maximum Gasteiger partial charge on any atom is 0.310 e. The lowest BCUT2D eigenvalue weighted by molar-refractivity contribution is 0.364. The molecule has 3 aromatic carbocycles. The fraction of sp³-hybridized carbons (Fsp3) is 0.160. The van der Waals surface area contributed by atoms with Crippen molar-refractivity contribution in [3.63, 3.8) is 0 Å². The molecule has 0 N–H and O–H groups in total. The molecule has 0 aliphatic heterocycles. The van der Waals surface area contributed by atoms with E-state index in [2.05, 4.69) is 25.8 Å². The monoisotopic (exact) mass is 463 g/mol. The van der Waals surface area contributed by atoms with Crippen LogP contribution in [0.2, 0.25) is 0 Å². The second kappa shape index (κ2) is 6.54. The van der Waals surface area contributed by atoms with Crippen LogP contribution in [-0.4, -0.2) is 4.98 Å². The Labute approximate surface area is 183 Å². The average Bonchev–Trinajstić information content (AvgIpc) is 2.71. The van der Waals surface area contributed by atoms with E-state index in [0.717, 1.165) is 17.2 Å². The maximum atomic E-state index is 13.5. The molecule has 0 fully saturated rings. The number of hydrogen-bond acceptors (Lipinski definition) is 1. The van der Waals surface area contributed by atoms with Crippen molar-refractivity contribution in [1.29, 1.82) is 0 Å². The molecule has 0 radical (unpaired) electrons. The average molecular weight is 464 g/mol. The fourth-order valence-corrected chi connectivity index (χ4v) is 4.26. The molecule has 0 aliphatic carbocycles. The van der Waals surface area contributed by atoms with Gasteiger partial charge in [0.25, 0.3) is 0 Å². The summed E-state index contributed by atoms with van der Waals surface area (Å²) in [7, 11) is -9.82. The quantitative estimate of drug-likeness (QED) is 0.276.